The zero-order chi connectivity index (χ0) is 31.7. The van der Waals surface area contributed by atoms with Crippen LogP contribution in [0.1, 0.15) is 44.8 Å². The molecule has 0 saturated carbocycles. The molecule has 12 nitrogen and oxygen atoms in total. The summed E-state index contributed by atoms with van der Waals surface area (Å²) in [5, 5.41) is 18.7. The van der Waals surface area contributed by atoms with Crippen LogP contribution in [0.15, 0.2) is 83.9 Å². The van der Waals surface area contributed by atoms with Gasteiger partial charge in [0.25, 0.3) is 17.7 Å². The van der Waals surface area contributed by atoms with E-state index in [-0.39, 0.29) is 35.2 Å². The lowest BCUT2D eigenvalue weighted by molar-refractivity contribution is -0.129. The van der Waals surface area contributed by atoms with Crippen LogP contribution >= 0.6 is 0 Å². The molecular formula is C30H36N6O6S. The van der Waals surface area contributed by atoms with E-state index in [4.69, 9.17) is 5.73 Å². The van der Waals surface area contributed by atoms with Crippen molar-refractivity contribution in [3.8, 4) is 0 Å². The number of anilines is 1. The summed E-state index contributed by atoms with van der Waals surface area (Å²) >= 11 is 0. The van der Waals surface area contributed by atoms with E-state index in [9.17, 15) is 27.9 Å². The Bertz CT molecular complexity index is 1580. The van der Waals surface area contributed by atoms with Crippen LogP contribution < -0.4 is 26.0 Å². The van der Waals surface area contributed by atoms with E-state index in [0.717, 1.165) is 21.7 Å². The van der Waals surface area contributed by atoms with Gasteiger partial charge in [0, 0.05) is 25.2 Å². The van der Waals surface area contributed by atoms with Crippen LogP contribution in [0.5, 0.6) is 0 Å². The normalized spacial score (nSPS) is 13.7. The molecule has 0 unspecified atom stereocenters. The fraction of sp³-hybridized carbons (Fsp3) is 0.267. The van der Waals surface area contributed by atoms with Gasteiger partial charge in [0.15, 0.2) is 12.1 Å². The fourth-order valence-electron chi connectivity index (χ4n) is 4.15. The molecule has 0 radical (unpaired) electrons. The Labute approximate surface area is 251 Å². The van der Waals surface area contributed by atoms with Gasteiger partial charge >= 0.3 is 0 Å². The van der Waals surface area contributed by atoms with E-state index in [1.54, 1.807) is 37.3 Å². The van der Waals surface area contributed by atoms with Crippen molar-refractivity contribution in [2.45, 2.75) is 31.5 Å². The van der Waals surface area contributed by atoms with Crippen LogP contribution in [0, 0.1) is 0 Å². The molecule has 3 amide bonds. The lowest BCUT2D eigenvalue weighted by Crippen LogP contribution is -2.53. The van der Waals surface area contributed by atoms with Gasteiger partial charge in [-0.2, -0.15) is 0 Å². The minimum atomic E-state index is -3.76. The van der Waals surface area contributed by atoms with Crippen LogP contribution in [-0.4, -0.2) is 69.7 Å². The summed E-state index contributed by atoms with van der Waals surface area (Å²) in [5.74, 6) is -2.39. The number of benzene rings is 3. The fourth-order valence-corrected chi connectivity index (χ4v) is 4.64. The van der Waals surface area contributed by atoms with Crippen molar-refractivity contribution in [1.29, 1.82) is 0 Å². The average molecular weight is 609 g/mol. The molecule has 3 atom stereocenters. The van der Waals surface area contributed by atoms with E-state index in [2.05, 4.69) is 20.9 Å². The number of carbonyl (C=O) groups is 3. The first kappa shape index (κ1) is 32.8. The predicted octanol–water partition coefficient (Wildman–Crippen LogP) is 1.34. The molecule has 0 aliphatic carbocycles. The number of nitrogens with one attached hydrogen (secondary N) is 3. The third kappa shape index (κ3) is 9.12. The number of nitrogens with zero attached hydrogens (tertiary/aromatic N) is 2. The lowest BCUT2D eigenvalue weighted by atomic mass is 9.99. The van der Waals surface area contributed by atoms with Crippen molar-refractivity contribution in [3.05, 3.63) is 101 Å². The summed E-state index contributed by atoms with van der Waals surface area (Å²) in [6.45, 7) is 1.80. The van der Waals surface area contributed by atoms with Gasteiger partial charge in [0.1, 0.15) is 0 Å². The first-order valence-electron chi connectivity index (χ1n) is 13.3. The van der Waals surface area contributed by atoms with Crippen LogP contribution in [0.25, 0.3) is 0 Å². The molecule has 3 aromatic rings. The molecule has 228 valence electrons. The van der Waals surface area contributed by atoms with Crippen molar-refractivity contribution in [2.75, 3.05) is 24.7 Å². The van der Waals surface area contributed by atoms with Gasteiger partial charge in [-0.05, 0) is 42.7 Å². The number of amides is 3. The highest BCUT2D eigenvalue weighted by Gasteiger charge is 2.29. The number of guanidine groups is 1. The second-order valence-corrected chi connectivity index (χ2v) is 11.9. The third-order valence-corrected chi connectivity index (χ3v) is 7.91. The van der Waals surface area contributed by atoms with Gasteiger partial charge < -0.3 is 21.5 Å². The molecule has 0 aromatic heterocycles. The first-order chi connectivity index (χ1) is 20.3. The molecule has 0 spiro atoms. The van der Waals surface area contributed by atoms with Crippen molar-refractivity contribution in [3.63, 3.8) is 0 Å². The van der Waals surface area contributed by atoms with Gasteiger partial charge in [-0.1, -0.05) is 60.7 Å². The van der Waals surface area contributed by atoms with Gasteiger partial charge in [-0.3, -0.25) is 29.0 Å². The summed E-state index contributed by atoms with van der Waals surface area (Å²) in [4.78, 5) is 43.2. The molecule has 0 saturated heterocycles. The molecule has 0 aliphatic rings. The maximum atomic E-state index is 13.6. The van der Waals surface area contributed by atoms with Crippen molar-refractivity contribution >= 4 is 39.4 Å². The molecule has 0 aliphatic heterocycles. The number of hydrogen-bond donors (Lipinski definition) is 5. The van der Waals surface area contributed by atoms with Gasteiger partial charge in [0.05, 0.1) is 24.0 Å². The number of sulfonamides is 1. The zero-order valence-electron chi connectivity index (χ0n) is 24.3. The standard InChI is InChI=1S/C30H36N6O6S/c1-19(21-13-9-6-10-14-21)33-27(38)22-16-23(18-24(17-22)36(3)43(4,41)42)28(39)34-25(15-20-11-7-5-8-12-20)26(37)29(40)35-30(31)32-2/h5-14,16-19,25-26,37H,15H2,1-4H3,(H,33,38)(H,34,39)(H3,31,32,35,40)/t19-,25+,26-/m1/s1. The maximum Gasteiger partial charge on any atom is 0.257 e. The Morgan fingerprint density at radius 1 is 0.930 bits per heavy atom. The number of aliphatic hydroxyl groups excluding tert-OH is 1. The Balaban J connectivity index is 1.97. The Hall–Kier alpha value is -4.75. The van der Waals surface area contributed by atoms with E-state index in [1.165, 1.54) is 32.3 Å². The first-order valence-corrected chi connectivity index (χ1v) is 15.2. The molecule has 0 bridgehead atoms. The molecule has 3 rings (SSSR count). The number of aliphatic imine (C=N–C) groups is 1. The average Bonchev–Trinajstić information content (AvgIpc) is 2.99. The number of nitrogens with two attached hydrogens (primary N) is 1. The second kappa shape index (κ2) is 14.4. The Morgan fingerprint density at radius 2 is 1.47 bits per heavy atom. The molecule has 0 heterocycles. The second-order valence-electron chi connectivity index (χ2n) is 9.92. The molecule has 3 aromatic carbocycles. The van der Waals surface area contributed by atoms with Gasteiger partial charge in [-0.25, -0.2) is 8.42 Å². The third-order valence-electron chi connectivity index (χ3n) is 6.71. The highest BCUT2D eigenvalue weighted by molar-refractivity contribution is 7.92. The quantitative estimate of drug-likeness (QED) is 0.161. The molecule has 13 heteroatoms. The van der Waals surface area contributed by atoms with Crippen LogP contribution in [0.4, 0.5) is 5.69 Å². The number of hydrogen-bond acceptors (Lipinski definition) is 7. The monoisotopic (exact) mass is 608 g/mol. The van der Waals surface area contributed by atoms with E-state index in [0.29, 0.717) is 0 Å². The SMILES string of the molecule is CN=C(N)NC(=O)[C@H](O)[C@H](Cc1ccccc1)NC(=O)c1cc(C(=O)N[C@H](C)c2ccccc2)cc(N(C)S(C)(=O)=O)c1. The van der Waals surface area contributed by atoms with E-state index in [1.807, 2.05) is 30.3 Å². The molecule has 6 N–H and O–H groups in total. The van der Waals surface area contributed by atoms with Crippen molar-refractivity contribution < 1.29 is 27.9 Å². The maximum absolute atomic E-state index is 13.6. The molecular weight excluding hydrogens is 572 g/mol. The summed E-state index contributed by atoms with van der Waals surface area (Å²) in [7, 11) is -1.10. The minimum absolute atomic E-state index is 0.0331. The Kier molecular flexibility index (Phi) is 11.0. The summed E-state index contributed by atoms with van der Waals surface area (Å²) < 4.78 is 25.6. The topological polar surface area (TPSA) is 183 Å². The Morgan fingerprint density at radius 3 is 2.00 bits per heavy atom. The van der Waals surface area contributed by atoms with Gasteiger partial charge in [-0.15, -0.1) is 0 Å². The van der Waals surface area contributed by atoms with Crippen LogP contribution in [0.2, 0.25) is 0 Å². The number of rotatable bonds is 11. The highest BCUT2D eigenvalue weighted by Crippen LogP contribution is 2.22. The molecule has 0 fully saturated rings. The van der Waals surface area contributed by atoms with E-state index < -0.39 is 39.9 Å². The summed E-state index contributed by atoms with van der Waals surface area (Å²) in [6, 6.07) is 20.6. The lowest BCUT2D eigenvalue weighted by Gasteiger charge is -2.24. The summed E-state index contributed by atoms with van der Waals surface area (Å²) in [6.07, 6.45) is -0.677. The zero-order valence-corrected chi connectivity index (χ0v) is 25.1. The summed E-state index contributed by atoms with van der Waals surface area (Å²) in [5.41, 5.74) is 7.19. The van der Waals surface area contributed by atoms with Gasteiger partial charge in [0.2, 0.25) is 10.0 Å². The largest absolute Gasteiger partial charge is 0.381 e. The van der Waals surface area contributed by atoms with Crippen LogP contribution in [-0.2, 0) is 21.2 Å². The minimum Gasteiger partial charge on any atom is -0.381 e. The van der Waals surface area contributed by atoms with Crippen LogP contribution in [0.3, 0.4) is 0 Å². The van der Waals surface area contributed by atoms with E-state index >= 15 is 0 Å². The smallest absolute Gasteiger partial charge is 0.257 e. The van der Waals surface area contributed by atoms with Crippen molar-refractivity contribution in [1.82, 2.24) is 16.0 Å². The highest BCUT2D eigenvalue weighted by atomic mass is 32.2. The molecule has 43 heavy (non-hydrogen) atoms. The number of carbonyl (C=O) groups excluding carboxylic acids is 3. The predicted molar refractivity (Wildman–Crippen MR) is 165 cm³/mol. The van der Waals surface area contributed by atoms with Crippen molar-refractivity contribution in [2.24, 2.45) is 10.7 Å². The number of aliphatic hydroxyl groups is 1.